The summed E-state index contributed by atoms with van der Waals surface area (Å²) in [6, 6.07) is 9.75. The molecule has 1 N–H and O–H groups in total. The van der Waals surface area contributed by atoms with Crippen molar-refractivity contribution in [2.24, 2.45) is 0 Å². The van der Waals surface area contributed by atoms with Gasteiger partial charge in [0.25, 0.3) is 0 Å². The van der Waals surface area contributed by atoms with Gasteiger partial charge in [-0.25, -0.2) is 14.0 Å². The number of methoxy groups -OCH3 is 1. The number of ether oxygens (including phenoxy) is 2. The zero-order valence-electron chi connectivity index (χ0n) is 14.1. The van der Waals surface area contributed by atoms with E-state index in [9.17, 15) is 14.0 Å². The second kappa shape index (κ2) is 7.77. The number of rotatable bonds is 6. The van der Waals surface area contributed by atoms with Crippen molar-refractivity contribution in [2.75, 3.05) is 13.7 Å². The van der Waals surface area contributed by atoms with Crippen LogP contribution in [-0.4, -0.2) is 30.9 Å². The lowest BCUT2D eigenvalue weighted by Crippen LogP contribution is -2.31. The monoisotopic (exact) mass is 392 g/mol. The van der Waals surface area contributed by atoms with E-state index in [0.29, 0.717) is 10.9 Å². The highest BCUT2D eigenvalue weighted by atomic mass is 35.5. The fraction of sp³-hybridized carbons (Fsp3) is 0.158. The molecular formula is C19H14ClFO6. The Balaban J connectivity index is 2.08. The first-order chi connectivity index (χ1) is 12.9. The van der Waals surface area contributed by atoms with E-state index >= 15 is 0 Å². The second-order valence-corrected chi connectivity index (χ2v) is 6.10. The van der Waals surface area contributed by atoms with Gasteiger partial charge in [-0.15, -0.1) is 0 Å². The summed E-state index contributed by atoms with van der Waals surface area (Å²) in [4.78, 5) is 23.1. The SMILES string of the molecule is COCC(Oc1ccc2c(-c3ccc(Cl)cc3F)cc(=O)oc2c1)C(=O)O. The van der Waals surface area contributed by atoms with Gasteiger partial charge in [-0.05, 0) is 30.3 Å². The van der Waals surface area contributed by atoms with Crippen LogP contribution in [0.25, 0.3) is 22.1 Å². The summed E-state index contributed by atoms with van der Waals surface area (Å²) in [5.41, 5.74) is -0.0380. The molecular weight excluding hydrogens is 379 g/mol. The normalized spacial score (nSPS) is 12.1. The summed E-state index contributed by atoms with van der Waals surface area (Å²) in [6.07, 6.45) is -1.23. The number of carbonyl (C=O) groups is 1. The van der Waals surface area contributed by atoms with Gasteiger partial charge >= 0.3 is 11.6 Å². The number of fused-ring (bicyclic) bond motifs is 1. The van der Waals surface area contributed by atoms with Gasteiger partial charge in [0.1, 0.15) is 17.1 Å². The highest BCUT2D eigenvalue weighted by molar-refractivity contribution is 6.30. The first-order valence-electron chi connectivity index (χ1n) is 7.81. The lowest BCUT2D eigenvalue weighted by molar-refractivity contribution is -0.147. The standard InChI is InChI=1S/C19H14ClFO6/c1-25-9-17(19(23)24)26-11-3-5-13-14(8-18(22)27-16(13)7-11)12-4-2-10(20)6-15(12)21/h2-8,17H,9H2,1H3,(H,23,24). The Labute approximate surface area is 157 Å². The fourth-order valence-electron chi connectivity index (χ4n) is 2.62. The van der Waals surface area contributed by atoms with Crippen LogP contribution in [0.1, 0.15) is 0 Å². The molecule has 8 heteroatoms. The number of halogens is 2. The molecule has 0 aliphatic rings. The zero-order chi connectivity index (χ0) is 19.6. The number of hydrogen-bond donors (Lipinski definition) is 1. The third-order valence-electron chi connectivity index (χ3n) is 3.81. The molecule has 0 fully saturated rings. The van der Waals surface area contributed by atoms with E-state index in [1.165, 1.54) is 37.4 Å². The molecule has 1 unspecified atom stereocenters. The molecule has 0 spiro atoms. The second-order valence-electron chi connectivity index (χ2n) is 5.66. The summed E-state index contributed by atoms with van der Waals surface area (Å²) in [6.45, 7) is -0.159. The van der Waals surface area contributed by atoms with E-state index in [1.54, 1.807) is 6.07 Å². The van der Waals surface area contributed by atoms with Crippen molar-refractivity contribution in [1.82, 2.24) is 0 Å². The van der Waals surface area contributed by atoms with Crippen LogP contribution in [-0.2, 0) is 9.53 Å². The minimum absolute atomic E-state index is 0.130. The zero-order valence-corrected chi connectivity index (χ0v) is 14.8. The predicted molar refractivity (Wildman–Crippen MR) is 96.8 cm³/mol. The topological polar surface area (TPSA) is 86.0 Å². The van der Waals surface area contributed by atoms with Crippen molar-refractivity contribution in [3.8, 4) is 16.9 Å². The van der Waals surface area contributed by atoms with Gasteiger partial charge in [0, 0.05) is 40.8 Å². The van der Waals surface area contributed by atoms with Crippen LogP contribution in [0.2, 0.25) is 5.02 Å². The van der Waals surface area contributed by atoms with E-state index in [4.69, 9.17) is 30.6 Å². The molecule has 2 aromatic carbocycles. The van der Waals surface area contributed by atoms with E-state index in [2.05, 4.69) is 0 Å². The van der Waals surface area contributed by atoms with Crippen LogP contribution in [0.3, 0.4) is 0 Å². The van der Waals surface area contributed by atoms with E-state index in [1.807, 2.05) is 0 Å². The molecule has 0 radical (unpaired) electrons. The van der Waals surface area contributed by atoms with Gasteiger partial charge < -0.3 is 19.0 Å². The first-order valence-corrected chi connectivity index (χ1v) is 8.18. The van der Waals surface area contributed by atoms with Gasteiger partial charge in [0.15, 0.2) is 0 Å². The van der Waals surface area contributed by atoms with Crippen molar-refractivity contribution in [3.05, 3.63) is 63.7 Å². The van der Waals surface area contributed by atoms with Gasteiger partial charge in [-0.2, -0.15) is 0 Å². The molecule has 3 aromatic rings. The third kappa shape index (κ3) is 4.10. The third-order valence-corrected chi connectivity index (χ3v) is 4.04. The molecule has 0 bridgehead atoms. The Morgan fingerprint density at radius 1 is 1.22 bits per heavy atom. The minimum Gasteiger partial charge on any atom is -0.478 e. The van der Waals surface area contributed by atoms with Gasteiger partial charge in [0.05, 0.1) is 6.61 Å². The van der Waals surface area contributed by atoms with Crippen LogP contribution in [0.15, 0.2) is 51.7 Å². The number of aliphatic carboxylic acids is 1. The summed E-state index contributed by atoms with van der Waals surface area (Å²) < 4.78 is 29.7. The van der Waals surface area contributed by atoms with E-state index < -0.39 is 23.5 Å². The van der Waals surface area contributed by atoms with Crippen LogP contribution in [0.5, 0.6) is 5.75 Å². The Bertz CT molecular complexity index is 1060. The number of hydrogen-bond acceptors (Lipinski definition) is 5. The summed E-state index contributed by atoms with van der Waals surface area (Å²) >= 11 is 5.78. The lowest BCUT2D eigenvalue weighted by Gasteiger charge is -2.15. The summed E-state index contributed by atoms with van der Waals surface area (Å²) in [7, 11) is 1.35. The molecule has 27 heavy (non-hydrogen) atoms. The predicted octanol–water partition coefficient (Wildman–Crippen LogP) is 3.73. The molecule has 140 valence electrons. The van der Waals surface area contributed by atoms with Gasteiger partial charge in [-0.1, -0.05) is 11.6 Å². The van der Waals surface area contributed by atoms with Crippen molar-refractivity contribution < 1.29 is 28.2 Å². The quantitative estimate of drug-likeness (QED) is 0.643. The highest BCUT2D eigenvalue weighted by Gasteiger charge is 2.20. The maximum atomic E-state index is 14.3. The first kappa shape index (κ1) is 18.9. The van der Waals surface area contributed by atoms with Crippen LogP contribution in [0, 0.1) is 5.82 Å². The summed E-state index contributed by atoms with van der Waals surface area (Å²) in [5, 5.41) is 9.83. The highest BCUT2D eigenvalue weighted by Crippen LogP contribution is 2.32. The average molecular weight is 393 g/mol. The van der Waals surface area contributed by atoms with Crippen LogP contribution >= 0.6 is 11.6 Å². The number of benzene rings is 2. The molecule has 1 aromatic heterocycles. The van der Waals surface area contributed by atoms with Crippen molar-refractivity contribution in [2.45, 2.75) is 6.10 Å². The Hall–Kier alpha value is -2.90. The molecule has 0 saturated carbocycles. The fourth-order valence-corrected chi connectivity index (χ4v) is 2.78. The maximum absolute atomic E-state index is 14.3. The molecule has 1 heterocycles. The minimum atomic E-state index is -1.23. The number of carboxylic acids is 1. The smallest absolute Gasteiger partial charge is 0.347 e. The number of carboxylic acid groups (broad SMARTS) is 1. The van der Waals surface area contributed by atoms with Crippen molar-refractivity contribution in [3.63, 3.8) is 0 Å². The van der Waals surface area contributed by atoms with Gasteiger partial charge in [-0.3, -0.25) is 0 Å². The lowest BCUT2D eigenvalue weighted by atomic mass is 10.0. The molecule has 0 aliphatic carbocycles. The molecule has 0 aliphatic heterocycles. The van der Waals surface area contributed by atoms with E-state index in [-0.39, 0.29) is 28.5 Å². The van der Waals surface area contributed by atoms with Gasteiger partial charge in [0.2, 0.25) is 6.10 Å². The molecule has 1 atom stereocenters. The maximum Gasteiger partial charge on any atom is 0.347 e. The average Bonchev–Trinajstić information content (AvgIpc) is 2.60. The summed E-state index contributed by atoms with van der Waals surface area (Å²) in [5.74, 6) is -1.61. The Morgan fingerprint density at radius 3 is 2.67 bits per heavy atom. The van der Waals surface area contributed by atoms with E-state index in [0.717, 1.165) is 6.07 Å². The largest absolute Gasteiger partial charge is 0.478 e. The Kier molecular flexibility index (Phi) is 5.43. The van der Waals surface area contributed by atoms with Crippen molar-refractivity contribution >= 4 is 28.5 Å². The molecule has 0 amide bonds. The Morgan fingerprint density at radius 2 is 2.00 bits per heavy atom. The van der Waals surface area contributed by atoms with Crippen LogP contribution in [0.4, 0.5) is 4.39 Å². The molecule has 0 saturated heterocycles. The molecule has 6 nitrogen and oxygen atoms in total. The van der Waals surface area contributed by atoms with Crippen molar-refractivity contribution in [1.29, 1.82) is 0 Å². The molecule has 3 rings (SSSR count). The van der Waals surface area contributed by atoms with Crippen LogP contribution < -0.4 is 10.4 Å².